The van der Waals surface area contributed by atoms with E-state index in [-0.39, 0.29) is 23.7 Å². The Morgan fingerprint density at radius 3 is 2.25 bits per heavy atom. The van der Waals surface area contributed by atoms with Gasteiger partial charge in [0, 0.05) is 10.9 Å². The third-order valence-corrected chi connectivity index (χ3v) is 3.34. The molecule has 72 valence electrons. The Kier molecular flexibility index (Phi) is 3.04. The van der Waals surface area contributed by atoms with Crippen LogP contribution in [0, 0.1) is 5.92 Å². The Balaban J connectivity index is 2.51. The maximum Gasteiger partial charge on any atom is 0.391 e. The second kappa shape index (κ2) is 3.54. The van der Waals surface area contributed by atoms with Crippen LogP contribution in [0.25, 0.3) is 0 Å². The molecule has 0 aliphatic heterocycles. The fourth-order valence-electron chi connectivity index (χ4n) is 1.44. The second-order valence-corrected chi connectivity index (χ2v) is 4.41. The maximum absolute atomic E-state index is 12.2. The number of rotatable bonds is 0. The number of alkyl halides is 4. The van der Waals surface area contributed by atoms with Crippen molar-refractivity contribution in [2.24, 2.45) is 11.7 Å². The average molecular weight is 246 g/mol. The quantitative estimate of drug-likeness (QED) is 0.652. The lowest BCUT2D eigenvalue weighted by molar-refractivity contribution is -0.181. The molecule has 1 fully saturated rings. The van der Waals surface area contributed by atoms with Gasteiger partial charge in [-0.3, -0.25) is 0 Å². The van der Waals surface area contributed by atoms with E-state index >= 15 is 0 Å². The Morgan fingerprint density at radius 1 is 1.25 bits per heavy atom. The zero-order valence-electron chi connectivity index (χ0n) is 6.44. The van der Waals surface area contributed by atoms with Gasteiger partial charge in [-0.15, -0.1) is 0 Å². The van der Waals surface area contributed by atoms with Crippen LogP contribution in [0.15, 0.2) is 0 Å². The lowest BCUT2D eigenvalue weighted by Crippen LogP contribution is -2.40. The fourth-order valence-corrected chi connectivity index (χ4v) is 2.15. The highest BCUT2D eigenvalue weighted by atomic mass is 79.9. The molecule has 0 heterocycles. The molecule has 5 heteroatoms. The van der Waals surface area contributed by atoms with Crippen molar-refractivity contribution in [2.75, 3.05) is 0 Å². The molecule has 0 saturated heterocycles. The number of nitrogens with two attached hydrogens (primary N) is 1. The molecule has 1 saturated carbocycles. The highest BCUT2D eigenvalue weighted by Gasteiger charge is 2.43. The summed E-state index contributed by atoms with van der Waals surface area (Å²) in [5, 5.41) is 0. The molecule has 0 aromatic heterocycles. The van der Waals surface area contributed by atoms with Crippen LogP contribution < -0.4 is 5.73 Å². The molecular weight excluding hydrogens is 235 g/mol. The summed E-state index contributed by atoms with van der Waals surface area (Å²) in [6, 6.07) is -0.122. The Labute approximate surface area is 77.6 Å². The summed E-state index contributed by atoms with van der Waals surface area (Å²) in [7, 11) is 0. The molecule has 1 rings (SSSR count). The molecule has 0 spiro atoms. The van der Waals surface area contributed by atoms with E-state index < -0.39 is 12.1 Å². The summed E-state index contributed by atoms with van der Waals surface area (Å²) in [5.74, 6) is -1.17. The highest BCUT2D eigenvalue weighted by Crippen LogP contribution is 2.39. The van der Waals surface area contributed by atoms with Gasteiger partial charge in [0.05, 0.1) is 5.92 Å². The van der Waals surface area contributed by atoms with Crippen molar-refractivity contribution >= 4 is 15.9 Å². The molecule has 0 amide bonds. The van der Waals surface area contributed by atoms with E-state index in [4.69, 9.17) is 5.73 Å². The summed E-state index contributed by atoms with van der Waals surface area (Å²) >= 11 is 3.16. The lowest BCUT2D eigenvalue weighted by Gasteiger charge is -2.31. The SMILES string of the molecule is NC1CCC(C(F)(F)F)CC1Br. The van der Waals surface area contributed by atoms with E-state index in [0.29, 0.717) is 6.42 Å². The average Bonchev–Trinajstić information content (AvgIpc) is 1.92. The molecule has 0 bridgehead atoms. The molecule has 0 aromatic rings. The van der Waals surface area contributed by atoms with Crippen LogP contribution >= 0.6 is 15.9 Å². The van der Waals surface area contributed by atoms with E-state index in [0.717, 1.165) is 0 Å². The summed E-state index contributed by atoms with van der Waals surface area (Å²) < 4.78 is 36.5. The zero-order valence-corrected chi connectivity index (χ0v) is 8.03. The molecule has 1 aliphatic carbocycles. The predicted molar refractivity (Wildman–Crippen MR) is 44.1 cm³/mol. The summed E-state index contributed by atoms with van der Waals surface area (Å²) in [4.78, 5) is -0.183. The minimum atomic E-state index is -4.05. The van der Waals surface area contributed by atoms with Crippen LogP contribution in [0.4, 0.5) is 13.2 Å². The van der Waals surface area contributed by atoms with E-state index in [1.165, 1.54) is 0 Å². The van der Waals surface area contributed by atoms with Crippen molar-refractivity contribution in [3.63, 3.8) is 0 Å². The molecule has 1 nitrogen and oxygen atoms in total. The number of hydrogen-bond acceptors (Lipinski definition) is 1. The summed E-state index contributed by atoms with van der Waals surface area (Å²) in [5.41, 5.74) is 5.57. The molecule has 12 heavy (non-hydrogen) atoms. The minimum Gasteiger partial charge on any atom is -0.327 e. The van der Waals surface area contributed by atoms with Gasteiger partial charge in [-0.25, -0.2) is 0 Å². The summed E-state index contributed by atoms with van der Waals surface area (Å²) in [6.07, 6.45) is -3.30. The minimum absolute atomic E-state index is 0.116. The van der Waals surface area contributed by atoms with Gasteiger partial charge in [0.25, 0.3) is 0 Å². The highest BCUT2D eigenvalue weighted by molar-refractivity contribution is 9.09. The summed E-state index contributed by atoms with van der Waals surface area (Å²) in [6.45, 7) is 0. The maximum atomic E-state index is 12.2. The topological polar surface area (TPSA) is 26.0 Å². The zero-order chi connectivity index (χ0) is 9.35. The van der Waals surface area contributed by atoms with Crippen LogP contribution in [0.2, 0.25) is 0 Å². The Hall–Kier alpha value is 0.230. The van der Waals surface area contributed by atoms with Gasteiger partial charge in [0.1, 0.15) is 0 Å². The third-order valence-electron chi connectivity index (χ3n) is 2.29. The Bertz CT molecular complexity index is 159. The Morgan fingerprint density at radius 2 is 1.83 bits per heavy atom. The largest absolute Gasteiger partial charge is 0.391 e. The van der Waals surface area contributed by atoms with Crippen LogP contribution in [0.5, 0.6) is 0 Å². The molecule has 3 unspecified atom stereocenters. The molecule has 1 aliphatic rings. The van der Waals surface area contributed by atoms with Gasteiger partial charge in [-0.2, -0.15) is 13.2 Å². The third kappa shape index (κ3) is 2.36. The van der Waals surface area contributed by atoms with E-state index in [9.17, 15) is 13.2 Å². The van der Waals surface area contributed by atoms with Crippen molar-refractivity contribution < 1.29 is 13.2 Å². The standard InChI is InChI=1S/C7H11BrF3N/c8-5-3-4(7(9,10)11)1-2-6(5)12/h4-6H,1-3,12H2. The monoisotopic (exact) mass is 245 g/mol. The first-order valence-electron chi connectivity index (χ1n) is 3.87. The first kappa shape index (κ1) is 10.3. The van der Waals surface area contributed by atoms with Crippen molar-refractivity contribution in [1.29, 1.82) is 0 Å². The molecule has 0 radical (unpaired) electrons. The van der Waals surface area contributed by atoms with Crippen molar-refractivity contribution in [3.8, 4) is 0 Å². The van der Waals surface area contributed by atoms with Gasteiger partial charge >= 0.3 is 6.18 Å². The van der Waals surface area contributed by atoms with Crippen LogP contribution in [0.3, 0.4) is 0 Å². The molecule has 0 aromatic carbocycles. The van der Waals surface area contributed by atoms with Crippen LogP contribution in [0.1, 0.15) is 19.3 Å². The molecule has 3 atom stereocenters. The van der Waals surface area contributed by atoms with Crippen molar-refractivity contribution in [2.45, 2.75) is 36.3 Å². The fraction of sp³-hybridized carbons (Fsp3) is 1.00. The first-order chi connectivity index (χ1) is 5.41. The number of halogens is 4. The van der Waals surface area contributed by atoms with Gasteiger partial charge in [0.2, 0.25) is 0 Å². The smallest absolute Gasteiger partial charge is 0.327 e. The van der Waals surface area contributed by atoms with Gasteiger partial charge < -0.3 is 5.73 Å². The first-order valence-corrected chi connectivity index (χ1v) is 4.79. The van der Waals surface area contributed by atoms with Crippen LogP contribution in [-0.2, 0) is 0 Å². The van der Waals surface area contributed by atoms with E-state index in [2.05, 4.69) is 15.9 Å². The van der Waals surface area contributed by atoms with E-state index in [1.54, 1.807) is 0 Å². The van der Waals surface area contributed by atoms with E-state index in [1.807, 2.05) is 0 Å². The van der Waals surface area contributed by atoms with Gasteiger partial charge in [-0.1, -0.05) is 15.9 Å². The normalized spacial score (nSPS) is 38.2. The second-order valence-electron chi connectivity index (χ2n) is 3.23. The molecule has 2 N–H and O–H groups in total. The molecular formula is C7H11BrF3N. The van der Waals surface area contributed by atoms with Crippen LogP contribution in [-0.4, -0.2) is 17.0 Å². The van der Waals surface area contributed by atoms with Crippen molar-refractivity contribution in [3.05, 3.63) is 0 Å². The van der Waals surface area contributed by atoms with Gasteiger partial charge in [0.15, 0.2) is 0 Å². The van der Waals surface area contributed by atoms with Crippen molar-refractivity contribution in [1.82, 2.24) is 0 Å². The lowest BCUT2D eigenvalue weighted by atomic mass is 9.86. The predicted octanol–water partition coefficient (Wildman–Crippen LogP) is 2.44. The number of hydrogen-bond donors (Lipinski definition) is 1. The van der Waals surface area contributed by atoms with Gasteiger partial charge in [-0.05, 0) is 19.3 Å².